The summed E-state index contributed by atoms with van der Waals surface area (Å²) in [4.78, 5) is 20.9. The van der Waals surface area contributed by atoms with Gasteiger partial charge in [0.15, 0.2) is 5.82 Å². The van der Waals surface area contributed by atoms with Gasteiger partial charge in [-0.25, -0.2) is 4.98 Å². The highest BCUT2D eigenvalue weighted by molar-refractivity contribution is 7.70. The zero-order valence-electron chi connectivity index (χ0n) is 21.8. The van der Waals surface area contributed by atoms with Crippen molar-refractivity contribution in [3.8, 4) is 5.75 Å². The van der Waals surface area contributed by atoms with E-state index >= 15 is 0 Å². The average Bonchev–Trinajstić information content (AvgIpc) is 2.86. The van der Waals surface area contributed by atoms with Gasteiger partial charge in [-0.3, -0.25) is 4.79 Å². The summed E-state index contributed by atoms with van der Waals surface area (Å²) >= 11 is 6.38. The lowest BCUT2D eigenvalue weighted by Gasteiger charge is -2.21. The van der Waals surface area contributed by atoms with Gasteiger partial charge in [-0.05, 0) is 69.0 Å². The molecule has 1 amide bonds. The number of hydrogen-bond donors (Lipinski definition) is 3. The minimum absolute atomic E-state index is 0.0234. The smallest absolute Gasteiger partial charge is 0.247 e. The van der Waals surface area contributed by atoms with Gasteiger partial charge in [-0.1, -0.05) is 44.2 Å². The Morgan fingerprint density at radius 2 is 1.84 bits per heavy atom. The average molecular weight is 542 g/mol. The third-order valence-electron chi connectivity index (χ3n) is 5.70. The summed E-state index contributed by atoms with van der Waals surface area (Å²) < 4.78 is 18.9. The number of para-hydroxylation sites is 1. The summed E-state index contributed by atoms with van der Waals surface area (Å²) in [6.07, 6.45) is 4.40. The first-order valence-corrected chi connectivity index (χ1v) is 15.0. The molecule has 0 saturated carbocycles. The fourth-order valence-corrected chi connectivity index (χ4v) is 4.94. The normalized spacial score (nSPS) is 11.2. The maximum atomic E-state index is 12.8. The van der Waals surface area contributed by atoms with E-state index in [4.69, 9.17) is 16.3 Å². The third-order valence-corrected chi connectivity index (χ3v) is 7.53. The monoisotopic (exact) mass is 541 g/mol. The molecule has 3 aromatic rings. The van der Waals surface area contributed by atoms with E-state index in [1.54, 1.807) is 19.4 Å². The molecule has 8 nitrogen and oxygen atoms in total. The number of ether oxygens (including phenoxy) is 1. The number of carbonyl (C=O) groups excluding carboxylic acids is 1. The number of carbonyl (C=O) groups is 1. The highest BCUT2D eigenvalue weighted by Crippen LogP contribution is 2.39. The van der Waals surface area contributed by atoms with E-state index in [9.17, 15) is 9.36 Å². The van der Waals surface area contributed by atoms with Crippen LogP contribution >= 0.6 is 18.7 Å². The molecule has 196 valence electrons. The zero-order chi connectivity index (χ0) is 27.2. The Bertz CT molecular complexity index is 1340. The lowest BCUT2D eigenvalue weighted by molar-refractivity contribution is -0.111. The maximum absolute atomic E-state index is 12.8. The number of nitrogens with zero attached hydrogens (tertiary/aromatic N) is 2. The van der Waals surface area contributed by atoms with Crippen LogP contribution in [-0.2, 0) is 9.36 Å². The number of benzene rings is 2. The van der Waals surface area contributed by atoms with Gasteiger partial charge in [-0.15, -0.1) is 0 Å². The molecule has 1 aromatic heterocycles. The van der Waals surface area contributed by atoms with Gasteiger partial charge in [0.05, 0.1) is 23.7 Å². The molecule has 0 fully saturated rings. The second kappa shape index (κ2) is 12.3. The highest BCUT2D eigenvalue weighted by atomic mass is 35.5. The standard InChI is InChI=1S/C27H33ClN5O3P/c1-7-18(8-2)36-23-14-17(4)21(15-22(23)30-25(34)9-3)32-27-29-16-19(28)26(33-27)31-20-12-10-11-13-24(20)37(5,6)35/h9-16,18H,3,7-8H2,1-2,4-6H3,(H,30,34)(H2,29,31,32,33). The second-order valence-electron chi connectivity index (χ2n) is 8.92. The van der Waals surface area contributed by atoms with E-state index in [0.717, 1.165) is 18.4 Å². The molecular formula is C27H33ClN5O3P. The van der Waals surface area contributed by atoms with Crippen molar-refractivity contribution in [2.75, 3.05) is 29.3 Å². The van der Waals surface area contributed by atoms with Crippen LogP contribution in [0.25, 0.3) is 0 Å². The summed E-state index contributed by atoms with van der Waals surface area (Å²) in [6, 6.07) is 11.0. The summed E-state index contributed by atoms with van der Waals surface area (Å²) in [6.45, 7) is 13.0. The van der Waals surface area contributed by atoms with E-state index in [1.165, 1.54) is 12.3 Å². The Kier molecular flexibility index (Phi) is 9.35. The van der Waals surface area contributed by atoms with Crippen molar-refractivity contribution in [2.24, 2.45) is 0 Å². The van der Waals surface area contributed by atoms with Gasteiger partial charge in [-0.2, -0.15) is 4.98 Å². The van der Waals surface area contributed by atoms with Crippen molar-refractivity contribution >= 4 is 58.8 Å². The molecule has 0 bridgehead atoms. The number of aryl methyl sites for hydroxylation is 1. The number of anilines is 5. The number of hydrogen-bond acceptors (Lipinski definition) is 7. The quantitative estimate of drug-likeness (QED) is 0.180. The largest absolute Gasteiger partial charge is 0.488 e. The SMILES string of the molecule is C=CC(=O)Nc1cc(Nc2ncc(Cl)c(Nc3ccccc3P(C)(C)=O)n2)c(C)cc1OC(CC)CC. The minimum atomic E-state index is -2.54. The van der Waals surface area contributed by atoms with Crippen LogP contribution < -0.4 is 26.0 Å². The molecule has 0 unspecified atom stereocenters. The predicted octanol–water partition coefficient (Wildman–Crippen LogP) is 6.87. The first-order valence-electron chi connectivity index (χ1n) is 12.0. The number of aromatic nitrogens is 2. The van der Waals surface area contributed by atoms with Crippen LogP contribution in [0, 0.1) is 6.92 Å². The molecule has 3 rings (SSSR count). The molecule has 0 atom stereocenters. The maximum Gasteiger partial charge on any atom is 0.247 e. The van der Waals surface area contributed by atoms with Crippen molar-refractivity contribution < 1.29 is 14.1 Å². The fraction of sp³-hybridized carbons (Fsp3) is 0.296. The van der Waals surface area contributed by atoms with Crippen LogP contribution in [0.5, 0.6) is 5.75 Å². The van der Waals surface area contributed by atoms with Gasteiger partial charge in [0.2, 0.25) is 11.9 Å². The summed E-state index contributed by atoms with van der Waals surface area (Å²) in [7, 11) is -2.54. The first kappa shape index (κ1) is 28.2. The Balaban J connectivity index is 1.95. The molecule has 0 aliphatic rings. The van der Waals surface area contributed by atoms with E-state index in [1.807, 2.05) is 37.3 Å². The molecule has 0 radical (unpaired) electrons. The number of halogens is 1. The number of rotatable bonds is 11. The molecule has 2 aromatic carbocycles. The van der Waals surface area contributed by atoms with Gasteiger partial charge < -0.3 is 25.3 Å². The van der Waals surface area contributed by atoms with Crippen molar-refractivity contribution in [3.63, 3.8) is 0 Å². The Morgan fingerprint density at radius 1 is 1.14 bits per heavy atom. The molecule has 1 heterocycles. The molecule has 37 heavy (non-hydrogen) atoms. The lowest BCUT2D eigenvalue weighted by Crippen LogP contribution is -2.16. The molecule has 0 saturated heterocycles. The minimum Gasteiger partial charge on any atom is -0.488 e. The van der Waals surface area contributed by atoms with Gasteiger partial charge in [0.25, 0.3) is 0 Å². The Morgan fingerprint density at radius 3 is 2.49 bits per heavy atom. The van der Waals surface area contributed by atoms with Gasteiger partial charge in [0, 0.05) is 11.0 Å². The predicted molar refractivity (Wildman–Crippen MR) is 154 cm³/mol. The molecule has 0 spiro atoms. The summed E-state index contributed by atoms with van der Waals surface area (Å²) in [5.41, 5.74) is 2.72. The van der Waals surface area contributed by atoms with Crippen LogP contribution in [0.3, 0.4) is 0 Å². The first-order chi connectivity index (χ1) is 17.5. The molecule has 10 heteroatoms. The molecule has 0 aliphatic carbocycles. The molecular weight excluding hydrogens is 509 g/mol. The van der Waals surface area contributed by atoms with Gasteiger partial charge >= 0.3 is 0 Å². The van der Waals surface area contributed by atoms with Crippen LogP contribution in [-0.4, -0.2) is 35.3 Å². The van der Waals surface area contributed by atoms with E-state index in [-0.39, 0.29) is 12.0 Å². The zero-order valence-corrected chi connectivity index (χ0v) is 23.4. The van der Waals surface area contributed by atoms with Gasteiger partial charge in [0.1, 0.15) is 17.9 Å². The van der Waals surface area contributed by atoms with Crippen LogP contribution in [0.2, 0.25) is 5.02 Å². The third kappa shape index (κ3) is 7.34. The van der Waals surface area contributed by atoms with Crippen molar-refractivity contribution in [2.45, 2.75) is 39.7 Å². The topological polar surface area (TPSA) is 105 Å². The van der Waals surface area contributed by atoms with Crippen LogP contribution in [0.15, 0.2) is 55.3 Å². The van der Waals surface area contributed by atoms with Crippen molar-refractivity contribution in [1.82, 2.24) is 9.97 Å². The number of amides is 1. The van der Waals surface area contributed by atoms with Crippen LogP contribution in [0.1, 0.15) is 32.3 Å². The number of nitrogens with one attached hydrogen (secondary N) is 3. The van der Waals surface area contributed by atoms with E-state index in [2.05, 4.69) is 46.3 Å². The van der Waals surface area contributed by atoms with E-state index in [0.29, 0.717) is 44.9 Å². The Labute approximate surface area is 223 Å². The van der Waals surface area contributed by atoms with Crippen molar-refractivity contribution in [1.29, 1.82) is 0 Å². The van der Waals surface area contributed by atoms with E-state index < -0.39 is 7.14 Å². The highest BCUT2D eigenvalue weighted by Gasteiger charge is 2.18. The fourth-order valence-electron chi connectivity index (χ4n) is 3.64. The van der Waals surface area contributed by atoms with Crippen molar-refractivity contribution in [3.05, 3.63) is 65.8 Å². The second-order valence-corrected chi connectivity index (χ2v) is 12.5. The Hall–Kier alpha value is -3.35. The summed E-state index contributed by atoms with van der Waals surface area (Å²) in [5, 5.41) is 10.2. The molecule has 0 aliphatic heterocycles. The summed E-state index contributed by atoms with van der Waals surface area (Å²) in [5.74, 6) is 0.887. The lowest BCUT2D eigenvalue weighted by atomic mass is 10.1. The van der Waals surface area contributed by atoms with Crippen LogP contribution in [0.4, 0.5) is 28.8 Å². The molecule has 3 N–H and O–H groups in total.